The van der Waals surface area contributed by atoms with Gasteiger partial charge in [0.2, 0.25) is 5.89 Å². The molecule has 2 heterocycles. The lowest BCUT2D eigenvalue weighted by Gasteiger charge is -2.08. The van der Waals surface area contributed by atoms with Crippen molar-refractivity contribution in [2.75, 3.05) is 0 Å². The molecular weight excluding hydrogens is 397 g/mol. The van der Waals surface area contributed by atoms with Crippen molar-refractivity contribution < 1.29 is 14.4 Å². The lowest BCUT2D eigenvalue weighted by atomic mass is 10.1. The number of hydrogen-bond donors (Lipinski definition) is 2. The summed E-state index contributed by atoms with van der Waals surface area (Å²) in [4.78, 5) is 31.0. The number of hydrogen-bond acceptors (Lipinski definition) is 7. The average Bonchev–Trinajstić information content (AvgIpc) is 3.06. The average molecular weight is 410 g/mol. The third kappa shape index (κ3) is 4.51. The SMILES string of the molecule is NC(=O)c1cn(Cc2nc(C[C@H](O)c3ccc(Cl)cc3)no2)c(=O)c(Cl)n1. The highest BCUT2D eigenvalue weighted by molar-refractivity contribution is 6.30. The molecular formula is C16H13Cl2N5O4. The second kappa shape index (κ2) is 7.87. The zero-order chi connectivity index (χ0) is 19.6. The van der Waals surface area contributed by atoms with E-state index in [0.29, 0.717) is 10.6 Å². The molecule has 0 aliphatic rings. The maximum absolute atomic E-state index is 12.0. The van der Waals surface area contributed by atoms with E-state index >= 15 is 0 Å². The molecule has 2 aromatic heterocycles. The van der Waals surface area contributed by atoms with E-state index in [2.05, 4.69) is 15.1 Å². The van der Waals surface area contributed by atoms with Crippen LogP contribution in [0.1, 0.15) is 33.9 Å². The highest BCUT2D eigenvalue weighted by Crippen LogP contribution is 2.19. The number of carbonyl (C=O) groups is 1. The van der Waals surface area contributed by atoms with Crippen molar-refractivity contribution in [1.29, 1.82) is 0 Å². The number of benzene rings is 1. The lowest BCUT2D eigenvalue weighted by Crippen LogP contribution is -2.26. The van der Waals surface area contributed by atoms with Crippen LogP contribution in [0.3, 0.4) is 0 Å². The molecule has 3 aromatic rings. The Morgan fingerprint density at radius 3 is 2.63 bits per heavy atom. The lowest BCUT2D eigenvalue weighted by molar-refractivity contribution is 0.0994. The van der Waals surface area contributed by atoms with Gasteiger partial charge in [0.25, 0.3) is 11.5 Å². The van der Waals surface area contributed by atoms with E-state index in [-0.39, 0.29) is 30.4 Å². The van der Waals surface area contributed by atoms with E-state index < -0.39 is 22.7 Å². The third-order valence-corrected chi connectivity index (χ3v) is 4.13. The number of primary amides is 1. The zero-order valence-corrected chi connectivity index (χ0v) is 15.2. The fraction of sp³-hybridized carbons (Fsp3) is 0.188. The minimum Gasteiger partial charge on any atom is -0.388 e. The number of aliphatic hydroxyl groups excluding tert-OH is 1. The highest BCUT2D eigenvalue weighted by atomic mass is 35.5. The zero-order valence-electron chi connectivity index (χ0n) is 13.7. The number of aliphatic hydroxyl groups is 1. The quantitative estimate of drug-likeness (QED) is 0.626. The summed E-state index contributed by atoms with van der Waals surface area (Å²) in [6, 6.07) is 6.71. The molecule has 3 rings (SSSR count). The molecule has 0 saturated carbocycles. The summed E-state index contributed by atoms with van der Waals surface area (Å²) < 4.78 is 6.17. The molecule has 140 valence electrons. The normalized spacial score (nSPS) is 12.1. The van der Waals surface area contributed by atoms with Crippen LogP contribution in [0.4, 0.5) is 0 Å². The first-order valence-electron chi connectivity index (χ1n) is 7.65. The topological polar surface area (TPSA) is 137 Å². The van der Waals surface area contributed by atoms with Crippen molar-refractivity contribution in [1.82, 2.24) is 19.7 Å². The molecule has 1 amide bonds. The standard InChI is InChI=1S/C16H13Cl2N5O4/c17-9-3-1-8(2-4-9)11(24)5-12-21-13(27-22-12)7-23-6-10(15(19)25)20-14(18)16(23)26/h1-4,6,11,24H,5,7H2,(H2,19,25)/t11-/m0/s1. The molecule has 1 atom stereocenters. The van der Waals surface area contributed by atoms with Crippen LogP contribution in [0, 0.1) is 0 Å². The fourth-order valence-corrected chi connectivity index (χ4v) is 2.63. The van der Waals surface area contributed by atoms with Crippen LogP contribution in [0.2, 0.25) is 10.2 Å². The molecule has 1 aromatic carbocycles. The Kier molecular flexibility index (Phi) is 5.54. The number of rotatable bonds is 6. The minimum absolute atomic E-state index is 0.0908. The van der Waals surface area contributed by atoms with E-state index in [0.717, 1.165) is 10.8 Å². The first-order chi connectivity index (χ1) is 12.8. The number of nitrogens with zero attached hydrogens (tertiary/aromatic N) is 4. The van der Waals surface area contributed by atoms with E-state index in [4.69, 9.17) is 33.5 Å². The summed E-state index contributed by atoms with van der Waals surface area (Å²) in [7, 11) is 0. The molecule has 0 saturated heterocycles. The van der Waals surface area contributed by atoms with Crippen LogP contribution in [-0.4, -0.2) is 30.7 Å². The molecule has 9 nitrogen and oxygen atoms in total. The van der Waals surface area contributed by atoms with Gasteiger partial charge in [-0.2, -0.15) is 4.98 Å². The van der Waals surface area contributed by atoms with Gasteiger partial charge in [0.15, 0.2) is 11.0 Å². The Morgan fingerprint density at radius 2 is 1.96 bits per heavy atom. The maximum Gasteiger partial charge on any atom is 0.288 e. The summed E-state index contributed by atoms with van der Waals surface area (Å²) in [5.41, 5.74) is 5.00. The molecule has 0 bridgehead atoms. The van der Waals surface area contributed by atoms with Crippen LogP contribution in [0.25, 0.3) is 0 Å². The van der Waals surface area contributed by atoms with Gasteiger partial charge >= 0.3 is 0 Å². The summed E-state index contributed by atoms with van der Waals surface area (Å²) in [5.74, 6) is -0.494. The molecule has 0 fully saturated rings. The predicted octanol–water partition coefficient (Wildman–Crippen LogP) is 1.36. The minimum atomic E-state index is -0.854. The summed E-state index contributed by atoms with van der Waals surface area (Å²) >= 11 is 11.5. The molecule has 27 heavy (non-hydrogen) atoms. The van der Waals surface area contributed by atoms with Crippen molar-refractivity contribution in [3.05, 3.63) is 74.0 Å². The van der Waals surface area contributed by atoms with Crippen molar-refractivity contribution >= 4 is 29.1 Å². The molecule has 0 radical (unpaired) electrons. The monoisotopic (exact) mass is 409 g/mol. The Bertz CT molecular complexity index is 1030. The molecule has 0 spiro atoms. The molecule has 0 aliphatic carbocycles. The molecule has 11 heteroatoms. The number of halogens is 2. The molecule has 0 aliphatic heterocycles. The van der Waals surface area contributed by atoms with Gasteiger partial charge in [-0.3, -0.25) is 9.59 Å². The van der Waals surface area contributed by atoms with Gasteiger partial charge in [0.05, 0.1) is 6.10 Å². The summed E-state index contributed by atoms with van der Waals surface area (Å²) in [5, 5.41) is 14.2. The summed E-state index contributed by atoms with van der Waals surface area (Å²) in [6.45, 7) is -0.134. The third-order valence-electron chi connectivity index (χ3n) is 3.63. The fourth-order valence-electron chi connectivity index (χ4n) is 2.30. The Morgan fingerprint density at radius 1 is 1.26 bits per heavy atom. The predicted molar refractivity (Wildman–Crippen MR) is 95.5 cm³/mol. The second-order valence-corrected chi connectivity index (χ2v) is 6.38. The van der Waals surface area contributed by atoms with Crippen LogP contribution in [-0.2, 0) is 13.0 Å². The van der Waals surface area contributed by atoms with Gasteiger partial charge in [-0.15, -0.1) is 0 Å². The molecule has 0 unspecified atom stereocenters. The van der Waals surface area contributed by atoms with Crippen LogP contribution >= 0.6 is 23.2 Å². The first kappa shape index (κ1) is 19.0. The van der Waals surface area contributed by atoms with E-state index in [1.807, 2.05) is 0 Å². The largest absolute Gasteiger partial charge is 0.388 e. The van der Waals surface area contributed by atoms with Crippen LogP contribution < -0.4 is 11.3 Å². The van der Waals surface area contributed by atoms with Gasteiger partial charge in [0, 0.05) is 17.6 Å². The maximum atomic E-state index is 12.0. The van der Waals surface area contributed by atoms with Crippen LogP contribution in [0.5, 0.6) is 0 Å². The number of amides is 1. The Hall–Kier alpha value is -2.75. The summed E-state index contributed by atoms with van der Waals surface area (Å²) in [6.07, 6.45) is 0.402. The van der Waals surface area contributed by atoms with Gasteiger partial charge in [-0.25, -0.2) is 4.98 Å². The van der Waals surface area contributed by atoms with Gasteiger partial charge in [0.1, 0.15) is 12.2 Å². The van der Waals surface area contributed by atoms with Crippen molar-refractivity contribution in [2.24, 2.45) is 5.73 Å². The number of carbonyl (C=O) groups excluding carboxylic acids is 1. The number of aromatic nitrogens is 4. The highest BCUT2D eigenvalue weighted by Gasteiger charge is 2.16. The Labute approximate surface area is 162 Å². The van der Waals surface area contributed by atoms with Crippen LogP contribution in [0.15, 0.2) is 39.8 Å². The molecule has 3 N–H and O–H groups in total. The number of nitrogens with two attached hydrogens (primary N) is 1. The van der Waals surface area contributed by atoms with Crippen molar-refractivity contribution in [3.8, 4) is 0 Å². The van der Waals surface area contributed by atoms with E-state index in [1.165, 1.54) is 0 Å². The Balaban J connectivity index is 1.76. The first-order valence-corrected chi connectivity index (χ1v) is 8.41. The van der Waals surface area contributed by atoms with Gasteiger partial charge in [-0.05, 0) is 17.7 Å². The van der Waals surface area contributed by atoms with Gasteiger partial charge in [-0.1, -0.05) is 40.5 Å². The van der Waals surface area contributed by atoms with Crippen molar-refractivity contribution in [2.45, 2.75) is 19.1 Å². The van der Waals surface area contributed by atoms with Gasteiger partial charge < -0.3 is 19.9 Å². The van der Waals surface area contributed by atoms with E-state index in [9.17, 15) is 14.7 Å². The van der Waals surface area contributed by atoms with E-state index in [1.54, 1.807) is 24.3 Å². The van der Waals surface area contributed by atoms with Crippen molar-refractivity contribution in [3.63, 3.8) is 0 Å². The second-order valence-electron chi connectivity index (χ2n) is 5.59. The smallest absolute Gasteiger partial charge is 0.288 e.